The number of ether oxygens (including phenoxy) is 2. The molecule has 0 aromatic rings. The van der Waals surface area contributed by atoms with Crippen LogP contribution in [-0.4, -0.2) is 23.9 Å². The first kappa shape index (κ1) is 15.0. The third kappa shape index (κ3) is 2.68. The molecule has 0 saturated carbocycles. The first-order valence-electron chi connectivity index (χ1n) is 7.22. The molecule has 2 fully saturated rings. The molecule has 0 aromatic heterocycles. The van der Waals surface area contributed by atoms with Crippen LogP contribution in [0.4, 0.5) is 0 Å². The molecule has 5 atom stereocenters. The maximum atomic E-state index is 6.16. The number of hydrogen-bond acceptors (Lipinski definition) is 2. The number of hydrogen-bond donors (Lipinski definition) is 0. The average molecular weight is 242 g/mol. The van der Waals surface area contributed by atoms with Gasteiger partial charge in [-0.15, -0.1) is 0 Å². The predicted molar refractivity (Wildman–Crippen MR) is 72.2 cm³/mol. The van der Waals surface area contributed by atoms with Gasteiger partial charge in [-0.3, -0.25) is 0 Å². The second-order valence-corrected chi connectivity index (χ2v) is 6.11. The summed E-state index contributed by atoms with van der Waals surface area (Å²) in [5, 5.41) is 0. The maximum Gasteiger partial charge on any atom is 0.0998 e. The lowest BCUT2D eigenvalue weighted by molar-refractivity contribution is -0.179. The summed E-state index contributed by atoms with van der Waals surface area (Å²) in [6, 6.07) is 0. The molecule has 2 bridgehead atoms. The molecule has 2 aliphatic heterocycles. The van der Waals surface area contributed by atoms with Crippen LogP contribution in [0.15, 0.2) is 0 Å². The van der Waals surface area contributed by atoms with Crippen molar-refractivity contribution in [2.45, 2.75) is 85.2 Å². The molecule has 2 saturated heterocycles. The highest BCUT2D eigenvalue weighted by Gasteiger charge is 2.61. The van der Waals surface area contributed by atoms with Crippen molar-refractivity contribution in [1.82, 2.24) is 0 Å². The normalized spacial score (nSPS) is 43.8. The van der Waals surface area contributed by atoms with Gasteiger partial charge in [-0.2, -0.15) is 0 Å². The van der Waals surface area contributed by atoms with E-state index in [0.717, 1.165) is 6.42 Å². The Morgan fingerprint density at radius 3 is 2.00 bits per heavy atom. The third-order valence-electron chi connectivity index (χ3n) is 3.91. The van der Waals surface area contributed by atoms with Gasteiger partial charge in [-0.05, 0) is 26.2 Å². The van der Waals surface area contributed by atoms with E-state index in [2.05, 4.69) is 48.5 Å². The summed E-state index contributed by atoms with van der Waals surface area (Å²) >= 11 is 0. The monoisotopic (exact) mass is 242 g/mol. The number of rotatable bonds is 2. The Bertz CT molecular complexity index is 239. The Hall–Kier alpha value is -0.0800. The molecule has 0 N–H and O–H groups in total. The molecule has 2 heteroatoms. The van der Waals surface area contributed by atoms with Gasteiger partial charge in [0.25, 0.3) is 0 Å². The fraction of sp³-hybridized carbons (Fsp3) is 1.00. The lowest BCUT2D eigenvalue weighted by Gasteiger charge is -2.37. The molecular weight excluding hydrogens is 212 g/mol. The summed E-state index contributed by atoms with van der Waals surface area (Å²) < 4.78 is 12.1. The maximum absolute atomic E-state index is 6.16. The second kappa shape index (κ2) is 5.71. The van der Waals surface area contributed by atoms with E-state index in [1.165, 1.54) is 6.42 Å². The summed E-state index contributed by atoms with van der Waals surface area (Å²) in [4.78, 5) is 0. The van der Waals surface area contributed by atoms with Crippen LogP contribution in [0, 0.1) is 11.8 Å². The van der Waals surface area contributed by atoms with Gasteiger partial charge in [-0.1, -0.05) is 41.0 Å². The van der Waals surface area contributed by atoms with Gasteiger partial charge in [0.1, 0.15) is 0 Å². The van der Waals surface area contributed by atoms with Crippen LogP contribution in [0.5, 0.6) is 0 Å². The van der Waals surface area contributed by atoms with Gasteiger partial charge in [0, 0.05) is 5.92 Å². The zero-order valence-corrected chi connectivity index (χ0v) is 12.6. The van der Waals surface area contributed by atoms with Gasteiger partial charge in [-0.25, -0.2) is 0 Å². The van der Waals surface area contributed by atoms with Gasteiger partial charge in [0.05, 0.1) is 23.9 Å². The van der Waals surface area contributed by atoms with Crippen molar-refractivity contribution >= 4 is 0 Å². The summed E-state index contributed by atoms with van der Waals surface area (Å²) in [6.45, 7) is 15.3. The molecule has 2 nitrogen and oxygen atoms in total. The Morgan fingerprint density at radius 2 is 1.65 bits per heavy atom. The molecule has 0 radical (unpaired) electrons. The van der Waals surface area contributed by atoms with Gasteiger partial charge < -0.3 is 9.47 Å². The topological polar surface area (TPSA) is 18.5 Å². The SMILES string of the molecule is CC(C)C[C@]12O[C@@H](C)[C@H](O[C@H]1C)[C@@H]2C.CCC. The van der Waals surface area contributed by atoms with Crippen LogP contribution in [-0.2, 0) is 9.47 Å². The van der Waals surface area contributed by atoms with E-state index in [1.54, 1.807) is 0 Å². The highest BCUT2D eigenvalue weighted by atomic mass is 16.6. The van der Waals surface area contributed by atoms with Crippen molar-refractivity contribution in [1.29, 1.82) is 0 Å². The molecule has 0 unspecified atom stereocenters. The van der Waals surface area contributed by atoms with Crippen molar-refractivity contribution in [3.8, 4) is 0 Å². The lowest BCUT2D eigenvalue weighted by atomic mass is 9.80. The fourth-order valence-electron chi connectivity index (χ4n) is 3.29. The zero-order valence-electron chi connectivity index (χ0n) is 12.6. The van der Waals surface area contributed by atoms with Gasteiger partial charge >= 0.3 is 0 Å². The Kier molecular flexibility index (Phi) is 5.03. The van der Waals surface area contributed by atoms with E-state index in [-0.39, 0.29) is 17.8 Å². The van der Waals surface area contributed by atoms with Crippen LogP contribution in [0.2, 0.25) is 0 Å². The van der Waals surface area contributed by atoms with Crippen molar-refractivity contribution in [3.63, 3.8) is 0 Å². The van der Waals surface area contributed by atoms with Gasteiger partial charge in [0.2, 0.25) is 0 Å². The third-order valence-corrected chi connectivity index (χ3v) is 3.91. The number of fused-ring (bicyclic) bond motifs is 2. The highest BCUT2D eigenvalue weighted by molar-refractivity contribution is 5.08. The molecule has 2 heterocycles. The molecule has 102 valence electrons. The van der Waals surface area contributed by atoms with E-state index in [9.17, 15) is 0 Å². The minimum atomic E-state index is -0.00174. The molecule has 17 heavy (non-hydrogen) atoms. The molecule has 0 aliphatic carbocycles. The molecule has 2 aliphatic rings. The molecule has 0 aromatic carbocycles. The highest BCUT2D eigenvalue weighted by Crippen LogP contribution is 2.51. The quantitative estimate of drug-likeness (QED) is 0.728. The van der Waals surface area contributed by atoms with Gasteiger partial charge in [0.15, 0.2) is 0 Å². The predicted octanol–water partition coefficient (Wildman–Crippen LogP) is 4.03. The van der Waals surface area contributed by atoms with E-state index >= 15 is 0 Å². The van der Waals surface area contributed by atoms with E-state index in [1.807, 2.05) is 0 Å². The Labute approximate surface area is 107 Å². The van der Waals surface area contributed by atoms with Crippen LogP contribution in [0.1, 0.15) is 61.3 Å². The standard InChI is InChI=1S/C12H22O2.C3H8/c1-7(2)6-12-8(3)11(9(4)14-12)13-10(12)5;1-3-2/h7-11H,6H2,1-5H3;3H2,1-2H3/t8-,9-,10-,11+,12+;/m0./s1. The Morgan fingerprint density at radius 1 is 1.12 bits per heavy atom. The smallest absolute Gasteiger partial charge is 0.0998 e. The molecule has 0 amide bonds. The minimum Gasteiger partial charge on any atom is -0.369 e. The van der Waals surface area contributed by atoms with Crippen LogP contribution < -0.4 is 0 Å². The fourth-order valence-corrected chi connectivity index (χ4v) is 3.29. The van der Waals surface area contributed by atoms with E-state index in [4.69, 9.17) is 9.47 Å². The molecule has 2 rings (SSSR count). The first-order valence-corrected chi connectivity index (χ1v) is 7.22. The van der Waals surface area contributed by atoms with Crippen molar-refractivity contribution in [3.05, 3.63) is 0 Å². The average Bonchev–Trinajstić information content (AvgIpc) is 2.55. The Balaban J connectivity index is 0.000000437. The van der Waals surface area contributed by atoms with Crippen molar-refractivity contribution < 1.29 is 9.47 Å². The van der Waals surface area contributed by atoms with Crippen molar-refractivity contribution in [2.75, 3.05) is 0 Å². The summed E-state index contributed by atoms with van der Waals surface area (Å²) in [7, 11) is 0. The molecular formula is C15H30O2. The largest absolute Gasteiger partial charge is 0.369 e. The van der Waals surface area contributed by atoms with E-state index < -0.39 is 0 Å². The van der Waals surface area contributed by atoms with Crippen molar-refractivity contribution in [2.24, 2.45) is 11.8 Å². The first-order chi connectivity index (χ1) is 7.89. The molecule has 0 spiro atoms. The minimum absolute atomic E-state index is 0.00174. The van der Waals surface area contributed by atoms with Crippen LogP contribution >= 0.6 is 0 Å². The summed E-state index contributed by atoms with van der Waals surface area (Å²) in [5.74, 6) is 1.22. The lowest BCUT2D eigenvalue weighted by Crippen LogP contribution is -2.45. The second-order valence-electron chi connectivity index (χ2n) is 6.11. The zero-order chi connectivity index (χ0) is 13.2. The summed E-state index contributed by atoms with van der Waals surface area (Å²) in [5.41, 5.74) is -0.00174. The van der Waals surface area contributed by atoms with Crippen LogP contribution in [0.3, 0.4) is 0 Å². The van der Waals surface area contributed by atoms with E-state index in [0.29, 0.717) is 17.9 Å². The van der Waals surface area contributed by atoms with Crippen LogP contribution in [0.25, 0.3) is 0 Å². The summed E-state index contributed by atoms with van der Waals surface area (Å²) in [6.07, 6.45) is 3.24.